The van der Waals surface area contributed by atoms with Gasteiger partial charge in [-0.15, -0.1) is 0 Å². The lowest BCUT2D eigenvalue weighted by atomic mass is 9.94. The van der Waals surface area contributed by atoms with E-state index in [9.17, 15) is 9.59 Å². The first-order valence-electron chi connectivity index (χ1n) is 6.13. The van der Waals surface area contributed by atoms with Crippen molar-refractivity contribution in [2.45, 2.75) is 50.1 Å². The maximum atomic E-state index is 11.6. The number of carbonyl (C=O) groups excluding carboxylic acids is 2. The molecule has 2 atom stereocenters. The monoisotopic (exact) mass is 258 g/mol. The van der Waals surface area contributed by atoms with E-state index in [2.05, 4.69) is 9.47 Å². The molecule has 0 radical (unpaired) electrons. The molecule has 1 spiro atoms. The van der Waals surface area contributed by atoms with E-state index >= 15 is 0 Å². The molecule has 6 heteroatoms. The molecule has 1 saturated carbocycles. The number of rotatable bonds is 2. The largest absolute Gasteiger partial charge is 0.467 e. The van der Waals surface area contributed by atoms with Crippen LogP contribution in [0.1, 0.15) is 32.1 Å². The Morgan fingerprint density at radius 2 is 1.39 bits per heavy atom. The van der Waals surface area contributed by atoms with Crippen LogP contribution in [0.2, 0.25) is 0 Å². The fraction of sp³-hybridized carbons (Fsp3) is 0.833. The van der Waals surface area contributed by atoms with Gasteiger partial charge in [0.15, 0.2) is 18.0 Å². The number of methoxy groups -OCH3 is 2. The SMILES string of the molecule is COC(=O)[C@H]1OC2(CCCCC2)O[C@H]1C(=O)OC. The first-order chi connectivity index (χ1) is 8.62. The van der Waals surface area contributed by atoms with Crippen molar-refractivity contribution in [3.8, 4) is 0 Å². The molecule has 2 aliphatic rings. The molecule has 2 fully saturated rings. The minimum absolute atomic E-state index is 0.604. The van der Waals surface area contributed by atoms with E-state index in [0.29, 0.717) is 12.8 Å². The molecule has 102 valence electrons. The van der Waals surface area contributed by atoms with Gasteiger partial charge >= 0.3 is 11.9 Å². The van der Waals surface area contributed by atoms with Gasteiger partial charge in [0.2, 0.25) is 0 Å². The Labute approximate surface area is 106 Å². The van der Waals surface area contributed by atoms with Crippen molar-refractivity contribution in [1.82, 2.24) is 0 Å². The second-order valence-corrected chi connectivity index (χ2v) is 4.59. The van der Waals surface area contributed by atoms with Crippen LogP contribution in [0.25, 0.3) is 0 Å². The lowest BCUT2D eigenvalue weighted by Crippen LogP contribution is -2.38. The molecule has 0 bridgehead atoms. The number of ether oxygens (including phenoxy) is 4. The van der Waals surface area contributed by atoms with Gasteiger partial charge in [-0.05, 0) is 12.8 Å². The Balaban J connectivity index is 2.16. The van der Waals surface area contributed by atoms with E-state index in [0.717, 1.165) is 19.3 Å². The highest BCUT2D eigenvalue weighted by molar-refractivity contribution is 5.86. The Hall–Kier alpha value is -1.14. The van der Waals surface area contributed by atoms with Crippen LogP contribution in [0.3, 0.4) is 0 Å². The average Bonchev–Trinajstić information content (AvgIpc) is 2.77. The number of hydrogen-bond acceptors (Lipinski definition) is 6. The Kier molecular flexibility index (Phi) is 3.87. The summed E-state index contributed by atoms with van der Waals surface area (Å²) < 4.78 is 20.6. The fourth-order valence-corrected chi connectivity index (χ4v) is 2.52. The molecule has 0 aromatic heterocycles. The molecular formula is C12H18O6. The third-order valence-corrected chi connectivity index (χ3v) is 3.44. The van der Waals surface area contributed by atoms with E-state index < -0.39 is 29.9 Å². The maximum Gasteiger partial charge on any atom is 0.338 e. The third kappa shape index (κ3) is 2.35. The Bertz CT molecular complexity index is 307. The van der Waals surface area contributed by atoms with E-state index in [1.807, 2.05) is 0 Å². The number of esters is 2. The van der Waals surface area contributed by atoms with E-state index in [1.165, 1.54) is 14.2 Å². The van der Waals surface area contributed by atoms with Gasteiger partial charge in [0, 0.05) is 12.8 Å². The molecule has 1 heterocycles. The smallest absolute Gasteiger partial charge is 0.338 e. The number of hydrogen-bond donors (Lipinski definition) is 0. The van der Waals surface area contributed by atoms with Gasteiger partial charge in [-0.1, -0.05) is 6.42 Å². The quantitative estimate of drug-likeness (QED) is 0.681. The van der Waals surface area contributed by atoms with Crippen molar-refractivity contribution < 1.29 is 28.5 Å². The first kappa shape index (κ1) is 13.3. The topological polar surface area (TPSA) is 71.1 Å². The second-order valence-electron chi connectivity index (χ2n) is 4.59. The zero-order chi connectivity index (χ0) is 13.2. The molecule has 1 aliphatic heterocycles. The van der Waals surface area contributed by atoms with Crippen molar-refractivity contribution in [3.63, 3.8) is 0 Å². The van der Waals surface area contributed by atoms with Crippen LogP contribution in [0.4, 0.5) is 0 Å². The van der Waals surface area contributed by atoms with Gasteiger partial charge in [-0.25, -0.2) is 9.59 Å². The maximum absolute atomic E-state index is 11.6. The average molecular weight is 258 g/mol. The number of carbonyl (C=O) groups is 2. The Morgan fingerprint density at radius 3 is 1.78 bits per heavy atom. The van der Waals surface area contributed by atoms with Crippen molar-refractivity contribution in [2.24, 2.45) is 0 Å². The van der Waals surface area contributed by atoms with Gasteiger partial charge < -0.3 is 18.9 Å². The summed E-state index contributed by atoms with van der Waals surface area (Å²) in [5.41, 5.74) is 0. The highest BCUT2D eigenvalue weighted by atomic mass is 16.8. The molecule has 0 N–H and O–H groups in total. The molecule has 1 aliphatic carbocycles. The summed E-state index contributed by atoms with van der Waals surface area (Å²) in [7, 11) is 2.51. The minimum atomic E-state index is -1.03. The summed E-state index contributed by atoms with van der Waals surface area (Å²) in [6, 6.07) is 0. The molecule has 0 aromatic carbocycles. The van der Waals surface area contributed by atoms with Crippen LogP contribution < -0.4 is 0 Å². The van der Waals surface area contributed by atoms with Crippen LogP contribution in [0.15, 0.2) is 0 Å². The van der Waals surface area contributed by atoms with Gasteiger partial charge in [-0.3, -0.25) is 0 Å². The molecule has 1 saturated heterocycles. The van der Waals surface area contributed by atoms with Crippen molar-refractivity contribution >= 4 is 11.9 Å². The van der Waals surface area contributed by atoms with E-state index in [1.54, 1.807) is 0 Å². The third-order valence-electron chi connectivity index (χ3n) is 3.44. The molecule has 18 heavy (non-hydrogen) atoms. The molecule has 2 rings (SSSR count). The summed E-state index contributed by atoms with van der Waals surface area (Å²) >= 11 is 0. The van der Waals surface area contributed by atoms with Crippen LogP contribution in [-0.2, 0) is 28.5 Å². The summed E-state index contributed by atoms with van der Waals surface area (Å²) in [4.78, 5) is 23.3. The van der Waals surface area contributed by atoms with Gasteiger partial charge in [0.05, 0.1) is 14.2 Å². The molecule has 0 amide bonds. The van der Waals surface area contributed by atoms with Crippen LogP contribution >= 0.6 is 0 Å². The summed E-state index contributed by atoms with van der Waals surface area (Å²) in [5, 5.41) is 0. The highest BCUT2D eigenvalue weighted by Crippen LogP contribution is 2.41. The second kappa shape index (κ2) is 5.24. The lowest BCUT2D eigenvalue weighted by molar-refractivity contribution is -0.202. The fourth-order valence-electron chi connectivity index (χ4n) is 2.52. The Morgan fingerprint density at radius 1 is 0.944 bits per heavy atom. The zero-order valence-electron chi connectivity index (χ0n) is 10.6. The standard InChI is InChI=1S/C12H18O6/c1-15-10(13)8-9(11(14)16-2)18-12(17-8)6-4-3-5-7-12/h8-9H,3-7H2,1-2H3/t8-,9+. The summed E-state index contributed by atoms with van der Waals surface area (Å²) in [5.74, 6) is -2.03. The predicted molar refractivity (Wildman–Crippen MR) is 59.6 cm³/mol. The van der Waals surface area contributed by atoms with Crippen LogP contribution in [-0.4, -0.2) is 44.2 Å². The minimum Gasteiger partial charge on any atom is -0.467 e. The van der Waals surface area contributed by atoms with Crippen molar-refractivity contribution in [3.05, 3.63) is 0 Å². The molecule has 0 unspecified atom stereocenters. The van der Waals surface area contributed by atoms with E-state index in [-0.39, 0.29) is 0 Å². The van der Waals surface area contributed by atoms with Gasteiger partial charge in [-0.2, -0.15) is 0 Å². The summed E-state index contributed by atoms with van der Waals surface area (Å²) in [6.07, 6.45) is 2.35. The first-order valence-corrected chi connectivity index (χ1v) is 6.13. The zero-order valence-corrected chi connectivity index (χ0v) is 10.6. The summed E-state index contributed by atoms with van der Waals surface area (Å²) in [6.45, 7) is 0. The van der Waals surface area contributed by atoms with Crippen molar-refractivity contribution in [1.29, 1.82) is 0 Å². The van der Waals surface area contributed by atoms with Crippen LogP contribution in [0, 0.1) is 0 Å². The van der Waals surface area contributed by atoms with Gasteiger partial charge in [0.1, 0.15) is 0 Å². The van der Waals surface area contributed by atoms with Crippen molar-refractivity contribution in [2.75, 3.05) is 14.2 Å². The predicted octanol–water partition coefficient (Wildman–Crippen LogP) is 0.777. The molecular weight excluding hydrogens is 240 g/mol. The van der Waals surface area contributed by atoms with Gasteiger partial charge in [0.25, 0.3) is 0 Å². The highest BCUT2D eigenvalue weighted by Gasteiger charge is 2.54. The van der Waals surface area contributed by atoms with E-state index in [4.69, 9.17) is 9.47 Å². The van der Waals surface area contributed by atoms with Crippen LogP contribution in [0.5, 0.6) is 0 Å². The lowest BCUT2D eigenvalue weighted by Gasteiger charge is -2.31. The normalized spacial score (nSPS) is 30.1. The molecule has 6 nitrogen and oxygen atoms in total. The molecule has 0 aromatic rings.